The minimum absolute atomic E-state index is 0.0527. The molecule has 0 aromatic rings. The zero-order valence-electron chi connectivity index (χ0n) is 9.16. The van der Waals surface area contributed by atoms with Crippen LogP contribution in [0.25, 0.3) is 0 Å². The van der Waals surface area contributed by atoms with E-state index in [0.29, 0.717) is 32.6 Å². The van der Waals surface area contributed by atoms with Gasteiger partial charge in [-0.05, 0) is 19.8 Å². The van der Waals surface area contributed by atoms with Crippen LogP contribution in [-0.4, -0.2) is 43.4 Å². The highest BCUT2D eigenvalue weighted by Gasteiger charge is 2.38. The maximum atomic E-state index is 12.0. The third-order valence-corrected chi connectivity index (χ3v) is 2.97. The summed E-state index contributed by atoms with van der Waals surface area (Å²) in [4.78, 5) is 12.0. The van der Waals surface area contributed by atoms with Crippen LogP contribution < -0.4 is 11.1 Å². The number of ether oxygens (including phenoxy) is 1. The van der Waals surface area contributed by atoms with Crippen molar-refractivity contribution in [1.29, 1.82) is 0 Å². The third-order valence-electron chi connectivity index (χ3n) is 2.97. The van der Waals surface area contributed by atoms with Gasteiger partial charge in [-0.3, -0.25) is 4.79 Å². The average molecular weight is 216 g/mol. The van der Waals surface area contributed by atoms with Crippen LogP contribution >= 0.6 is 0 Å². The summed E-state index contributed by atoms with van der Waals surface area (Å²) >= 11 is 0. The standard InChI is InChI=1S/C10H20N2O3/c1-8(6-13)12-9(14)10(7-11)2-4-15-5-3-10/h8,13H,2-7,11H2,1H3,(H,12,14)/t8-/m1/s1. The van der Waals surface area contributed by atoms with Crippen LogP contribution in [-0.2, 0) is 9.53 Å². The largest absolute Gasteiger partial charge is 0.394 e. The zero-order valence-corrected chi connectivity index (χ0v) is 9.16. The zero-order chi connectivity index (χ0) is 11.3. The molecule has 5 heteroatoms. The Morgan fingerprint density at radius 2 is 2.20 bits per heavy atom. The van der Waals surface area contributed by atoms with Gasteiger partial charge in [-0.25, -0.2) is 0 Å². The van der Waals surface area contributed by atoms with E-state index in [1.807, 2.05) is 0 Å². The van der Waals surface area contributed by atoms with Gasteiger partial charge in [-0.15, -0.1) is 0 Å². The Morgan fingerprint density at radius 1 is 1.60 bits per heavy atom. The van der Waals surface area contributed by atoms with Gasteiger partial charge in [0.25, 0.3) is 0 Å². The lowest BCUT2D eigenvalue weighted by Crippen LogP contribution is -2.51. The molecule has 0 aliphatic carbocycles. The van der Waals surface area contributed by atoms with E-state index in [4.69, 9.17) is 15.6 Å². The van der Waals surface area contributed by atoms with E-state index in [1.54, 1.807) is 6.92 Å². The Morgan fingerprint density at radius 3 is 2.67 bits per heavy atom. The van der Waals surface area contributed by atoms with Crippen LogP contribution in [0.1, 0.15) is 19.8 Å². The molecular weight excluding hydrogens is 196 g/mol. The number of carbonyl (C=O) groups is 1. The summed E-state index contributed by atoms with van der Waals surface area (Å²) in [5, 5.41) is 11.6. The van der Waals surface area contributed by atoms with Gasteiger partial charge in [-0.1, -0.05) is 0 Å². The molecule has 0 aromatic heterocycles. The molecule has 1 aliphatic rings. The molecule has 1 aliphatic heterocycles. The number of hydrogen-bond donors (Lipinski definition) is 3. The van der Waals surface area contributed by atoms with Gasteiger partial charge in [-0.2, -0.15) is 0 Å². The molecule has 4 N–H and O–H groups in total. The average Bonchev–Trinajstić information content (AvgIpc) is 2.29. The summed E-state index contributed by atoms with van der Waals surface area (Å²) in [5.74, 6) is -0.0603. The number of aliphatic hydroxyl groups excluding tert-OH is 1. The summed E-state index contributed by atoms with van der Waals surface area (Å²) in [6.45, 7) is 3.21. The van der Waals surface area contributed by atoms with E-state index in [2.05, 4.69) is 5.32 Å². The van der Waals surface area contributed by atoms with E-state index in [-0.39, 0.29) is 18.6 Å². The number of carbonyl (C=O) groups excluding carboxylic acids is 1. The monoisotopic (exact) mass is 216 g/mol. The van der Waals surface area contributed by atoms with Crippen LogP contribution in [0.3, 0.4) is 0 Å². The Bertz CT molecular complexity index is 215. The molecule has 0 spiro atoms. The molecular formula is C10H20N2O3. The van der Waals surface area contributed by atoms with Crippen molar-refractivity contribution in [2.75, 3.05) is 26.4 Å². The number of rotatable bonds is 4. The number of nitrogens with one attached hydrogen (secondary N) is 1. The van der Waals surface area contributed by atoms with Crippen molar-refractivity contribution in [3.63, 3.8) is 0 Å². The summed E-state index contributed by atoms with van der Waals surface area (Å²) in [5.41, 5.74) is 5.18. The van der Waals surface area contributed by atoms with Crippen molar-refractivity contribution in [3.8, 4) is 0 Å². The summed E-state index contributed by atoms with van der Waals surface area (Å²) in [7, 11) is 0. The van der Waals surface area contributed by atoms with Gasteiger partial charge in [0.1, 0.15) is 0 Å². The second-order valence-corrected chi connectivity index (χ2v) is 4.15. The van der Waals surface area contributed by atoms with Crippen LogP contribution in [0.2, 0.25) is 0 Å². The lowest BCUT2D eigenvalue weighted by molar-refractivity contribution is -0.136. The Labute approximate surface area is 90.0 Å². The maximum Gasteiger partial charge on any atom is 0.227 e. The third kappa shape index (κ3) is 2.90. The molecule has 15 heavy (non-hydrogen) atoms. The molecule has 0 saturated carbocycles. The summed E-state index contributed by atoms with van der Waals surface area (Å²) < 4.78 is 5.22. The second-order valence-electron chi connectivity index (χ2n) is 4.15. The molecule has 0 bridgehead atoms. The van der Waals surface area contributed by atoms with E-state index >= 15 is 0 Å². The fourth-order valence-corrected chi connectivity index (χ4v) is 1.71. The van der Waals surface area contributed by atoms with E-state index in [9.17, 15) is 4.79 Å². The fourth-order valence-electron chi connectivity index (χ4n) is 1.71. The van der Waals surface area contributed by atoms with E-state index in [0.717, 1.165) is 0 Å². The number of aliphatic hydroxyl groups is 1. The number of hydrogen-bond acceptors (Lipinski definition) is 4. The molecule has 1 amide bonds. The second kappa shape index (κ2) is 5.44. The summed E-state index contributed by atoms with van der Waals surface area (Å²) in [6.07, 6.45) is 1.32. The topological polar surface area (TPSA) is 84.6 Å². The molecule has 88 valence electrons. The predicted molar refractivity (Wildman–Crippen MR) is 56.2 cm³/mol. The normalized spacial score (nSPS) is 22.1. The Kier molecular flexibility index (Phi) is 4.50. The molecule has 1 atom stereocenters. The lowest BCUT2D eigenvalue weighted by atomic mass is 9.79. The maximum absolute atomic E-state index is 12.0. The van der Waals surface area contributed by atoms with Crippen molar-refractivity contribution >= 4 is 5.91 Å². The van der Waals surface area contributed by atoms with Crippen molar-refractivity contribution in [3.05, 3.63) is 0 Å². The highest BCUT2D eigenvalue weighted by Crippen LogP contribution is 2.29. The molecule has 1 rings (SSSR count). The van der Waals surface area contributed by atoms with Gasteiger partial charge in [0.2, 0.25) is 5.91 Å². The molecule has 0 aromatic carbocycles. The fraction of sp³-hybridized carbons (Fsp3) is 0.900. The van der Waals surface area contributed by atoms with Gasteiger partial charge in [0.15, 0.2) is 0 Å². The molecule has 1 heterocycles. The lowest BCUT2D eigenvalue weighted by Gasteiger charge is -2.35. The van der Waals surface area contributed by atoms with Crippen LogP contribution in [0.5, 0.6) is 0 Å². The van der Waals surface area contributed by atoms with Crippen molar-refractivity contribution < 1.29 is 14.6 Å². The van der Waals surface area contributed by atoms with Gasteiger partial charge in [0.05, 0.1) is 12.0 Å². The van der Waals surface area contributed by atoms with E-state index in [1.165, 1.54) is 0 Å². The Hall–Kier alpha value is -0.650. The van der Waals surface area contributed by atoms with Gasteiger partial charge >= 0.3 is 0 Å². The minimum atomic E-state index is -0.498. The first-order valence-corrected chi connectivity index (χ1v) is 5.34. The van der Waals surface area contributed by atoms with Crippen molar-refractivity contribution in [1.82, 2.24) is 5.32 Å². The molecule has 0 radical (unpaired) electrons. The van der Waals surface area contributed by atoms with Crippen molar-refractivity contribution in [2.24, 2.45) is 11.1 Å². The highest BCUT2D eigenvalue weighted by atomic mass is 16.5. The minimum Gasteiger partial charge on any atom is -0.394 e. The quantitative estimate of drug-likeness (QED) is 0.576. The number of amides is 1. The first-order valence-electron chi connectivity index (χ1n) is 5.34. The molecule has 1 saturated heterocycles. The first kappa shape index (κ1) is 12.4. The molecule has 0 unspecified atom stereocenters. The molecule has 5 nitrogen and oxygen atoms in total. The van der Waals surface area contributed by atoms with Gasteiger partial charge in [0, 0.05) is 25.8 Å². The van der Waals surface area contributed by atoms with Crippen LogP contribution in [0.4, 0.5) is 0 Å². The van der Waals surface area contributed by atoms with Crippen LogP contribution in [0.15, 0.2) is 0 Å². The predicted octanol–water partition coefficient (Wildman–Crippen LogP) is -0.761. The summed E-state index contributed by atoms with van der Waals surface area (Å²) in [6, 6.07) is -0.219. The number of nitrogens with two attached hydrogens (primary N) is 1. The van der Waals surface area contributed by atoms with E-state index < -0.39 is 5.41 Å². The smallest absolute Gasteiger partial charge is 0.227 e. The molecule has 1 fully saturated rings. The van der Waals surface area contributed by atoms with Crippen LogP contribution in [0, 0.1) is 5.41 Å². The van der Waals surface area contributed by atoms with Gasteiger partial charge < -0.3 is 20.9 Å². The Balaban J connectivity index is 2.59. The van der Waals surface area contributed by atoms with Crippen molar-refractivity contribution in [2.45, 2.75) is 25.8 Å². The first-order chi connectivity index (χ1) is 7.14. The SMILES string of the molecule is C[C@H](CO)NC(=O)C1(CN)CCOCC1. The highest BCUT2D eigenvalue weighted by molar-refractivity contribution is 5.83.